The Morgan fingerprint density at radius 3 is 2.20 bits per heavy atom. The Morgan fingerprint density at radius 1 is 0.880 bits per heavy atom. The second-order valence-electron chi connectivity index (χ2n) is 5.09. The average molecular weight is 334 g/mol. The standard InChI is InChI=1S/C18H18N6O/c1-2-12-25-18-23-16(19)22-17(24-18)21-15-10-8-14(9-11-15)20-13-6-4-3-5-7-13/h2-11,20H,1,12H2,(H3,19,21,22,23,24). The Hall–Kier alpha value is -3.61. The Kier molecular flexibility index (Phi) is 5.06. The zero-order valence-corrected chi connectivity index (χ0v) is 13.5. The second kappa shape index (κ2) is 7.78. The molecule has 0 aliphatic heterocycles. The van der Waals surface area contributed by atoms with Gasteiger partial charge in [-0.25, -0.2) is 0 Å². The van der Waals surface area contributed by atoms with Crippen LogP contribution in [-0.2, 0) is 0 Å². The number of nitrogens with two attached hydrogens (primary N) is 1. The van der Waals surface area contributed by atoms with Crippen LogP contribution in [0.1, 0.15) is 0 Å². The second-order valence-corrected chi connectivity index (χ2v) is 5.09. The smallest absolute Gasteiger partial charge is 0.323 e. The molecule has 0 atom stereocenters. The summed E-state index contributed by atoms with van der Waals surface area (Å²) in [4.78, 5) is 12.1. The van der Waals surface area contributed by atoms with E-state index in [1.165, 1.54) is 0 Å². The fourth-order valence-electron chi connectivity index (χ4n) is 2.08. The minimum absolute atomic E-state index is 0.0823. The van der Waals surface area contributed by atoms with Gasteiger partial charge in [0, 0.05) is 17.1 Å². The molecular formula is C18H18N6O. The molecule has 0 saturated heterocycles. The molecule has 3 aromatic rings. The van der Waals surface area contributed by atoms with Gasteiger partial charge >= 0.3 is 6.01 Å². The van der Waals surface area contributed by atoms with E-state index in [0.29, 0.717) is 12.6 Å². The molecule has 126 valence electrons. The number of nitrogen functional groups attached to an aromatic ring is 1. The predicted molar refractivity (Wildman–Crippen MR) is 99.4 cm³/mol. The first kappa shape index (κ1) is 16.3. The number of rotatable bonds is 7. The van der Waals surface area contributed by atoms with Crippen molar-refractivity contribution in [2.45, 2.75) is 0 Å². The third-order valence-electron chi connectivity index (χ3n) is 3.17. The summed E-state index contributed by atoms with van der Waals surface area (Å²) in [7, 11) is 0. The highest BCUT2D eigenvalue weighted by Crippen LogP contribution is 2.21. The van der Waals surface area contributed by atoms with Crippen molar-refractivity contribution >= 4 is 29.0 Å². The van der Waals surface area contributed by atoms with Gasteiger partial charge in [-0.3, -0.25) is 0 Å². The zero-order chi connectivity index (χ0) is 17.5. The summed E-state index contributed by atoms with van der Waals surface area (Å²) in [5, 5.41) is 6.39. The van der Waals surface area contributed by atoms with E-state index in [2.05, 4.69) is 32.2 Å². The van der Waals surface area contributed by atoms with Crippen LogP contribution in [0.2, 0.25) is 0 Å². The highest BCUT2D eigenvalue weighted by molar-refractivity contribution is 5.64. The minimum atomic E-state index is 0.0823. The molecule has 1 heterocycles. The van der Waals surface area contributed by atoms with Gasteiger partial charge in [0.15, 0.2) is 0 Å². The van der Waals surface area contributed by atoms with Gasteiger partial charge in [0.2, 0.25) is 11.9 Å². The van der Waals surface area contributed by atoms with Gasteiger partial charge in [0.25, 0.3) is 0 Å². The van der Waals surface area contributed by atoms with E-state index in [-0.39, 0.29) is 12.0 Å². The number of anilines is 5. The first-order valence-corrected chi connectivity index (χ1v) is 7.67. The number of para-hydroxylation sites is 1. The van der Waals surface area contributed by atoms with E-state index in [0.717, 1.165) is 17.1 Å². The predicted octanol–water partition coefficient (Wildman–Crippen LogP) is 3.51. The third-order valence-corrected chi connectivity index (χ3v) is 3.17. The molecule has 0 aliphatic carbocycles. The fourth-order valence-corrected chi connectivity index (χ4v) is 2.08. The topological polar surface area (TPSA) is 98.0 Å². The van der Waals surface area contributed by atoms with E-state index < -0.39 is 0 Å². The normalized spacial score (nSPS) is 10.1. The van der Waals surface area contributed by atoms with E-state index >= 15 is 0 Å². The monoisotopic (exact) mass is 334 g/mol. The number of hydrogen-bond donors (Lipinski definition) is 3. The Labute approximate surface area is 145 Å². The summed E-state index contributed by atoms with van der Waals surface area (Å²) >= 11 is 0. The molecular weight excluding hydrogens is 316 g/mol. The van der Waals surface area contributed by atoms with Gasteiger partial charge in [0.05, 0.1) is 0 Å². The molecule has 0 radical (unpaired) electrons. The van der Waals surface area contributed by atoms with Crippen molar-refractivity contribution in [1.29, 1.82) is 0 Å². The molecule has 0 fully saturated rings. The molecule has 1 aromatic heterocycles. The van der Waals surface area contributed by atoms with Crippen LogP contribution < -0.4 is 21.1 Å². The van der Waals surface area contributed by atoms with Crippen LogP contribution in [0, 0.1) is 0 Å². The maximum absolute atomic E-state index is 5.68. The number of benzene rings is 2. The lowest BCUT2D eigenvalue weighted by atomic mass is 10.2. The molecule has 0 unspecified atom stereocenters. The summed E-state index contributed by atoms with van der Waals surface area (Å²) in [5.41, 5.74) is 8.49. The summed E-state index contributed by atoms with van der Waals surface area (Å²) in [5.74, 6) is 0.397. The summed E-state index contributed by atoms with van der Waals surface area (Å²) < 4.78 is 5.29. The van der Waals surface area contributed by atoms with Crippen LogP contribution in [0.5, 0.6) is 6.01 Å². The minimum Gasteiger partial charge on any atom is -0.459 e. The molecule has 0 aliphatic rings. The van der Waals surface area contributed by atoms with Gasteiger partial charge in [-0.1, -0.05) is 30.9 Å². The maximum Gasteiger partial charge on any atom is 0.323 e. The highest BCUT2D eigenvalue weighted by Gasteiger charge is 2.05. The molecule has 0 saturated carbocycles. The van der Waals surface area contributed by atoms with Crippen LogP contribution in [0.4, 0.5) is 29.0 Å². The lowest BCUT2D eigenvalue weighted by Gasteiger charge is -2.09. The molecule has 0 bridgehead atoms. The van der Waals surface area contributed by atoms with Gasteiger partial charge in [0.1, 0.15) is 6.61 Å². The molecule has 0 spiro atoms. The fraction of sp³-hybridized carbons (Fsp3) is 0.0556. The van der Waals surface area contributed by atoms with Crippen molar-refractivity contribution in [2.24, 2.45) is 0 Å². The zero-order valence-electron chi connectivity index (χ0n) is 13.5. The third kappa shape index (κ3) is 4.68. The lowest BCUT2D eigenvalue weighted by Crippen LogP contribution is -2.07. The Morgan fingerprint density at radius 2 is 1.52 bits per heavy atom. The van der Waals surface area contributed by atoms with E-state index in [1.807, 2.05) is 54.6 Å². The number of nitrogens with one attached hydrogen (secondary N) is 2. The number of ether oxygens (including phenoxy) is 1. The molecule has 3 rings (SSSR count). The van der Waals surface area contributed by atoms with Crippen molar-refractivity contribution in [1.82, 2.24) is 15.0 Å². The molecule has 25 heavy (non-hydrogen) atoms. The molecule has 0 amide bonds. The largest absolute Gasteiger partial charge is 0.459 e. The lowest BCUT2D eigenvalue weighted by molar-refractivity contribution is 0.333. The SMILES string of the molecule is C=CCOc1nc(N)nc(Nc2ccc(Nc3ccccc3)cc2)n1. The van der Waals surface area contributed by atoms with E-state index in [9.17, 15) is 0 Å². The summed E-state index contributed by atoms with van der Waals surface area (Å²) in [6.07, 6.45) is 1.60. The summed E-state index contributed by atoms with van der Waals surface area (Å²) in [6.45, 7) is 3.87. The molecule has 2 aromatic carbocycles. The molecule has 7 nitrogen and oxygen atoms in total. The van der Waals surface area contributed by atoms with Gasteiger partial charge in [-0.2, -0.15) is 15.0 Å². The average Bonchev–Trinajstić information content (AvgIpc) is 2.62. The molecule has 4 N–H and O–H groups in total. The Balaban J connectivity index is 1.69. The van der Waals surface area contributed by atoms with Gasteiger partial charge in [-0.05, 0) is 36.4 Å². The van der Waals surface area contributed by atoms with Crippen LogP contribution in [0.3, 0.4) is 0 Å². The van der Waals surface area contributed by atoms with Crippen molar-refractivity contribution in [3.05, 3.63) is 67.3 Å². The van der Waals surface area contributed by atoms with Crippen LogP contribution >= 0.6 is 0 Å². The maximum atomic E-state index is 5.68. The van der Waals surface area contributed by atoms with Crippen molar-refractivity contribution in [3.63, 3.8) is 0 Å². The highest BCUT2D eigenvalue weighted by atomic mass is 16.5. The van der Waals surface area contributed by atoms with Gasteiger partial charge in [-0.15, -0.1) is 0 Å². The first-order valence-electron chi connectivity index (χ1n) is 7.67. The number of aromatic nitrogens is 3. The summed E-state index contributed by atoms with van der Waals surface area (Å²) in [6, 6.07) is 17.8. The van der Waals surface area contributed by atoms with E-state index in [4.69, 9.17) is 10.5 Å². The van der Waals surface area contributed by atoms with Crippen molar-refractivity contribution in [2.75, 3.05) is 23.0 Å². The van der Waals surface area contributed by atoms with E-state index in [1.54, 1.807) is 6.08 Å². The first-order chi connectivity index (χ1) is 12.2. The quantitative estimate of drug-likeness (QED) is 0.569. The Bertz CT molecular complexity index is 836. The van der Waals surface area contributed by atoms with Crippen LogP contribution in [-0.4, -0.2) is 21.6 Å². The van der Waals surface area contributed by atoms with Crippen molar-refractivity contribution in [3.8, 4) is 6.01 Å². The number of nitrogens with zero attached hydrogens (tertiary/aromatic N) is 3. The van der Waals surface area contributed by atoms with Crippen LogP contribution in [0.25, 0.3) is 0 Å². The van der Waals surface area contributed by atoms with Gasteiger partial charge < -0.3 is 21.1 Å². The van der Waals surface area contributed by atoms with Crippen LogP contribution in [0.15, 0.2) is 67.3 Å². The molecule has 7 heteroatoms. The van der Waals surface area contributed by atoms with Crippen molar-refractivity contribution < 1.29 is 4.74 Å². The number of hydrogen-bond acceptors (Lipinski definition) is 7.